The lowest BCUT2D eigenvalue weighted by molar-refractivity contribution is 0.0435. The van der Waals surface area contributed by atoms with Crippen molar-refractivity contribution in [1.82, 2.24) is 0 Å². The zero-order valence-corrected chi connectivity index (χ0v) is 9.18. The summed E-state index contributed by atoms with van der Waals surface area (Å²) in [4.78, 5) is 0. The molecule has 0 bridgehead atoms. The van der Waals surface area contributed by atoms with E-state index in [1.165, 1.54) is 6.26 Å². The number of rotatable bonds is 3. The van der Waals surface area contributed by atoms with Crippen molar-refractivity contribution in [3.05, 3.63) is 0 Å². The van der Waals surface area contributed by atoms with Crippen LogP contribution in [0.15, 0.2) is 0 Å². The summed E-state index contributed by atoms with van der Waals surface area (Å²) in [5.74, 6) is 2.44. The molecular weight excluding hydrogens is 200 g/mol. The van der Waals surface area contributed by atoms with Crippen molar-refractivity contribution >= 4 is 9.84 Å². The molecule has 0 aromatic carbocycles. The first-order valence-electron chi connectivity index (χ1n) is 4.75. The van der Waals surface area contributed by atoms with Gasteiger partial charge in [0.05, 0.1) is 10.9 Å². The van der Waals surface area contributed by atoms with E-state index in [-0.39, 0.29) is 0 Å². The molecule has 3 nitrogen and oxygen atoms in total. The normalized spacial score (nSPS) is 32.8. The maximum absolute atomic E-state index is 11.4. The topological polar surface area (TPSA) is 54.4 Å². The second-order valence-corrected chi connectivity index (χ2v) is 6.25. The molecule has 1 aliphatic rings. The van der Waals surface area contributed by atoms with Crippen LogP contribution in [-0.2, 0) is 9.84 Å². The molecule has 14 heavy (non-hydrogen) atoms. The van der Waals surface area contributed by atoms with Crippen molar-refractivity contribution < 1.29 is 13.5 Å². The van der Waals surface area contributed by atoms with Crippen molar-refractivity contribution in [2.75, 3.05) is 6.26 Å². The Kier molecular flexibility index (Phi) is 3.23. The van der Waals surface area contributed by atoms with Gasteiger partial charge in [0.2, 0.25) is 0 Å². The van der Waals surface area contributed by atoms with E-state index in [0.717, 1.165) is 6.42 Å². The van der Waals surface area contributed by atoms with Gasteiger partial charge in [0.15, 0.2) is 9.84 Å². The molecule has 0 radical (unpaired) electrons. The third-order valence-electron chi connectivity index (χ3n) is 2.89. The third kappa shape index (κ3) is 2.28. The third-order valence-corrected chi connectivity index (χ3v) is 4.60. The first kappa shape index (κ1) is 11.5. The highest BCUT2D eigenvalue weighted by Gasteiger charge is 2.46. The minimum Gasteiger partial charge on any atom is -0.389 e. The maximum Gasteiger partial charge on any atom is 0.153 e. The van der Waals surface area contributed by atoms with Gasteiger partial charge in [-0.25, -0.2) is 8.42 Å². The minimum atomic E-state index is -3.16. The maximum atomic E-state index is 11.4. The number of hydrogen-bond donors (Lipinski definition) is 1. The fourth-order valence-electron chi connectivity index (χ4n) is 2.21. The zero-order chi connectivity index (χ0) is 10.8. The fraction of sp³-hybridized carbons (Fsp3) is 0.800. The van der Waals surface area contributed by atoms with Crippen LogP contribution in [0.25, 0.3) is 0 Å². The highest BCUT2D eigenvalue weighted by molar-refractivity contribution is 7.91. The molecule has 80 valence electrons. The second kappa shape index (κ2) is 3.92. The van der Waals surface area contributed by atoms with Crippen LogP contribution in [0, 0.1) is 12.3 Å². The highest BCUT2D eigenvalue weighted by Crippen LogP contribution is 2.37. The molecule has 4 heteroatoms. The van der Waals surface area contributed by atoms with Gasteiger partial charge in [-0.2, -0.15) is 0 Å². The van der Waals surface area contributed by atoms with E-state index in [1.807, 2.05) is 0 Å². The summed E-state index contributed by atoms with van der Waals surface area (Å²) in [5.41, 5.74) is -1.08. The average Bonchev–Trinajstić information content (AvgIpc) is 2.44. The molecule has 2 atom stereocenters. The Morgan fingerprint density at radius 3 is 2.79 bits per heavy atom. The van der Waals surface area contributed by atoms with E-state index >= 15 is 0 Å². The SMILES string of the molecule is C#CCCC1(O)CCCC1S(C)(=O)=O. The monoisotopic (exact) mass is 216 g/mol. The van der Waals surface area contributed by atoms with Crippen LogP contribution in [0.4, 0.5) is 0 Å². The molecule has 0 amide bonds. The predicted molar refractivity (Wildman–Crippen MR) is 55.5 cm³/mol. The Hall–Kier alpha value is -0.530. The average molecular weight is 216 g/mol. The Bertz CT molecular complexity index is 339. The lowest BCUT2D eigenvalue weighted by Gasteiger charge is -2.28. The van der Waals surface area contributed by atoms with Gasteiger partial charge in [0.1, 0.15) is 0 Å². The van der Waals surface area contributed by atoms with Crippen LogP contribution < -0.4 is 0 Å². The van der Waals surface area contributed by atoms with Crippen LogP contribution in [0.5, 0.6) is 0 Å². The summed E-state index contributed by atoms with van der Waals surface area (Å²) in [6.07, 6.45) is 8.98. The molecule has 1 fully saturated rings. The summed E-state index contributed by atoms with van der Waals surface area (Å²) >= 11 is 0. The van der Waals surface area contributed by atoms with Crippen LogP contribution in [-0.4, -0.2) is 30.6 Å². The van der Waals surface area contributed by atoms with Gasteiger partial charge in [0, 0.05) is 12.7 Å². The molecule has 0 aliphatic heterocycles. The Balaban J connectivity index is 2.82. The molecule has 0 aromatic rings. The second-order valence-electron chi connectivity index (χ2n) is 4.02. The van der Waals surface area contributed by atoms with Gasteiger partial charge < -0.3 is 5.11 Å². The molecule has 0 aromatic heterocycles. The Labute approximate surface area is 85.4 Å². The quantitative estimate of drug-likeness (QED) is 0.707. The minimum absolute atomic E-state index is 0.390. The number of sulfone groups is 1. The first-order chi connectivity index (χ1) is 6.40. The summed E-state index contributed by atoms with van der Waals surface area (Å²) in [6, 6.07) is 0. The standard InChI is InChI=1S/C10H16O3S/c1-3-4-7-10(11)8-5-6-9(10)14(2,12)13/h1,9,11H,4-8H2,2H3. The van der Waals surface area contributed by atoms with Crippen molar-refractivity contribution in [3.63, 3.8) is 0 Å². The molecule has 1 rings (SSSR count). The van der Waals surface area contributed by atoms with Gasteiger partial charge >= 0.3 is 0 Å². The largest absolute Gasteiger partial charge is 0.389 e. The van der Waals surface area contributed by atoms with E-state index in [1.54, 1.807) is 0 Å². The zero-order valence-electron chi connectivity index (χ0n) is 8.36. The lowest BCUT2D eigenvalue weighted by Crippen LogP contribution is -2.42. The molecular formula is C10H16O3S. The molecule has 1 N–H and O–H groups in total. The predicted octanol–water partition coefficient (Wildman–Crippen LogP) is 0.728. The van der Waals surface area contributed by atoms with Gasteiger partial charge in [-0.05, 0) is 25.7 Å². The van der Waals surface area contributed by atoms with Gasteiger partial charge in [-0.15, -0.1) is 12.3 Å². The Morgan fingerprint density at radius 2 is 2.29 bits per heavy atom. The fourth-order valence-corrected chi connectivity index (χ4v) is 3.84. The van der Waals surface area contributed by atoms with E-state index in [4.69, 9.17) is 6.42 Å². The Morgan fingerprint density at radius 1 is 1.64 bits per heavy atom. The molecule has 1 aliphatic carbocycles. The molecule has 0 spiro atoms. The molecule has 0 saturated heterocycles. The van der Waals surface area contributed by atoms with Crippen molar-refractivity contribution in [2.45, 2.75) is 43.0 Å². The number of hydrogen-bond acceptors (Lipinski definition) is 3. The van der Waals surface area contributed by atoms with Crippen LogP contribution in [0.1, 0.15) is 32.1 Å². The highest BCUT2D eigenvalue weighted by atomic mass is 32.2. The smallest absolute Gasteiger partial charge is 0.153 e. The molecule has 0 heterocycles. The lowest BCUT2D eigenvalue weighted by atomic mass is 9.96. The van der Waals surface area contributed by atoms with Crippen molar-refractivity contribution in [2.24, 2.45) is 0 Å². The van der Waals surface area contributed by atoms with Crippen molar-refractivity contribution in [3.8, 4) is 12.3 Å². The van der Waals surface area contributed by atoms with E-state index < -0.39 is 20.7 Å². The number of aliphatic hydroxyl groups is 1. The van der Waals surface area contributed by atoms with Gasteiger partial charge in [-0.3, -0.25) is 0 Å². The summed E-state index contributed by atoms with van der Waals surface area (Å²) in [5, 5.41) is 9.52. The summed E-state index contributed by atoms with van der Waals surface area (Å²) < 4.78 is 22.8. The van der Waals surface area contributed by atoms with Crippen LogP contribution >= 0.6 is 0 Å². The van der Waals surface area contributed by atoms with Gasteiger partial charge in [0.25, 0.3) is 0 Å². The number of terminal acetylenes is 1. The first-order valence-corrected chi connectivity index (χ1v) is 6.70. The van der Waals surface area contributed by atoms with E-state index in [9.17, 15) is 13.5 Å². The van der Waals surface area contributed by atoms with Gasteiger partial charge in [-0.1, -0.05) is 0 Å². The molecule has 2 unspecified atom stereocenters. The van der Waals surface area contributed by atoms with Crippen LogP contribution in [0.3, 0.4) is 0 Å². The summed E-state index contributed by atoms with van der Waals surface area (Å²) in [6.45, 7) is 0. The van der Waals surface area contributed by atoms with Crippen LogP contribution in [0.2, 0.25) is 0 Å². The summed E-state index contributed by atoms with van der Waals surface area (Å²) in [7, 11) is -3.16. The molecule has 1 saturated carbocycles. The van der Waals surface area contributed by atoms with E-state index in [0.29, 0.717) is 25.7 Å². The van der Waals surface area contributed by atoms with Crippen molar-refractivity contribution in [1.29, 1.82) is 0 Å². The van der Waals surface area contributed by atoms with E-state index in [2.05, 4.69) is 5.92 Å².